The summed E-state index contributed by atoms with van der Waals surface area (Å²) in [4.78, 5) is 0. The van der Waals surface area contributed by atoms with Gasteiger partial charge in [0.2, 0.25) is 0 Å². The Balaban J connectivity index is 0.000000606. The number of nitrogens with zero attached hydrogens (tertiary/aromatic N) is 2. The summed E-state index contributed by atoms with van der Waals surface area (Å²) in [5, 5.41) is 3.95. The molecule has 0 atom stereocenters. The van der Waals surface area contributed by atoms with Crippen molar-refractivity contribution < 1.29 is 13.2 Å². The van der Waals surface area contributed by atoms with Gasteiger partial charge in [0, 0.05) is 12.1 Å². The predicted octanol–water partition coefficient (Wildman–Crippen LogP) is 3.66. The first-order valence-corrected chi connectivity index (χ1v) is 5.56. The van der Waals surface area contributed by atoms with Crippen LogP contribution >= 0.6 is 0 Å². The Hall–Kier alpha value is -1.00. The minimum Gasteiger partial charge on any atom is -0.263 e. The lowest BCUT2D eigenvalue weighted by Gasteiger charge is -2.05. The van der Waals surface area contributed by atoms with Gasteiger partial charge in [0.05, 0.1) is 5.69 Å². The molecule has 1 aliphatic carbocycles. The number of aryl methyl sites for hydroxylation is 1. The number of hydrogen-bond donors (Lipinski definition) is 0. The average molecular weight is 234 g/mol. The fourth-order valence-corrected chi connectivity index (χ4v) is 1.56. The molecular weight excluding hydrogens is 217 g/mol. The minimum absolute atomic E-state index is 0.407. The first-order chi connectivity index (χ1) is 7.46. The lowest BCUT2D eigenvalue weighted by Crippen LogP contribution is -2.18. The van der Waals surface area contributed by atoms with Gasteiger partial charge in [-0.15, -0.1) is 0 Å². The Bertz CT molecular complexity index is 337. The van der Waals surface area contributed by atoms with Gasteiger partial charge in [-0.3, -0.25) is 4.68 Å². The summed E-state index contributed by atoms with van der Waals surface area (Å²) in [7, 11) is 0. The lowest BCUT2D eigenvalue weighted by molar-refractivity contribution is -0.142. The second-order valence-corrected chi connectivity index (χ2v) is 3.78. The molecule has 0 radical (unpaired) electrons. The molecule has 0 aliphatic heterocycles. The topological polar surface area (TPSA) is 17.8 Å². The third kappa shape index (κ3) is 3.54. The van der Waals surface area contributed by atoms with E-state index in [4.69, 9.17) is 0 Å². The number of aromatic nitrogens is 2. The van der Waals surface area contributed by atoms with Crippen molar-refractivity contribution in [2.75, 3.05) is 0 Å². The second-order valence-electron chi connectivity index (χ2n) is 3.78. The SMILES string of the molecule is CC.Cc1cn(CC(F)(F)F)nc1C1CC1. The summed E-state index contributed by atoms with van der Waals surface area (Å²) in [6, 6.07) is 0. The second kappa shape index (κ2) is 4.89. The van der Waals surface area contributed by atoms with E-state index in [0.29, 0.717) is 5.92 Å². The van der Waals surface area contributed by atoms with Gasteiger partial charge in [0.15, 0.2) is 0 Å². The van der Waals surface area contributed by atoms with E-state index in [9.17, 15) is 13.2 Å². The van der Waals surface area contributed by atoms with Crippen LogP contribution < -0.4 is 0 Å². The fraction of sp³-hybridized carbons (Fsp3) is 0.727. The molecule has 2 nitrogen and oxygen atoms in total. The van der Waals surface area contributed by atoms with E-state index < -0.39 is 12.7 Å². The maximum absolute atomic E-state index is 12.0. The molecule has 5 heteroatoms. The fourth-order valence-electron chi connectivity index (χ4n) is 1.56. The smallest absolute Gasteiger partial charge is 0.263 e. The third-order valence-electron chi connectivity index (χ3n) is 2.29. The Morgan fingerprint density at radius 2 is 1.94 bits per heavy atom. The quantitative estimate of drug-likeness (QED) is 0.763. The number of alkyl halides is 3. The number of halogens is 3. The summed E-state index contributed by atoms with van der Waals surface area (Å²) in [6.07, 6.45) is -0.589. The average Bonchev–Trinajstić information content (AvgIpc) is 2.93. The Morgan fingerprint density at radius 1 is 1.38 bits per heavy atom. The number of rotatable bonds is 2. The van der Waals surface area contributed by atoms with E-state index >= 15 is 0 Å². The third-order valence-corrected chi connectivity index (χ3v) is 2.29. The van der Waals surface area contributed by atoms with Gasteiger partial charge < -0.3 is 0 Å². The van der Waals surface area contributed by atoms with Crippen LogP contribution in [0.1, 0.15) is 43.9 Å². The summed E-state index contributed by atoms with van der Waals surface area (Å²) in [5.41, 5.74) is 1.71. The van der Waals surface area contributed by atoms with E-state index in [0.717, 1.165) is 28.8 Å². The molecule has 0 amide bonds. The van der Waals surface area contributed by atoms with Crippen LogP contribution in [-0.2, 0) is 6.54 Å². The lowest BCUT2D eigenvalue weighted by atomic mass is 10.2. The van der Waals surface area contributed by atoms with Crippen molar-refractivity contribution in [3.63, 3.8) is 0 Å². The van der Waals surface area contributed by atoms with Crippen LogP contribution in [0.5, 0.6) is 0 Å². The largest absolute Gasteiger partial charge is 0.408 e. The van der Waals surface area contributed by atoms with Crippen LogP contribution in [0.15, 0.2) is 6.20 Å². The molecule has 2 rings (SSSR count). The van der Waals surface area contributed by atoms with Gasteiger partial charge in [0.25, 0.3) is 0 Å². The molecule has 92 valence electrons. The molecule has 16 heavy (non-hydrogen) atoms. The molecular formula is C11H17F3N2. The van der Waals surface area contributed by atoms with Crippen molar-refractivity contribution in [1.29, 1.82) is 0 Å². The van der Waals surface area contributed by atoms with Crippen LogP contribution in [-0.4, -0.2) is 16.0 Å². The van der Waals surface area contributed by atoms with Crippen molar-refractivity contribution >= 4 is 0 Å². The van der Waals surface area contributed by atoms with Gasteiger partial charge >= 0.3 is 6.18 Å². The standard InChI is InChI=1S/C9H11F3N2.C2H6/c1-6-4-14(5-9(10,11)12)13-8(6)7-2-3-7;1-2/h4,7H,2-3,5H2,1H3;1-2H3. The first kappa shape index (κ1) is 13.1. The van der Waals surface area contributed by atoms with E-state index in [2.05, 4.69) is 5.10 Å². The Labute approximate surface area is 93.5 Å². The Kier molecular flexibility index (Phi) is 3.99. The van der Waals surface area contributed by atoms with Crippen molar-refractivity contribution in [2.24, 2.45) is 0 Å². The molecule has 1 aromatic heterocycles. The van der Waals surface area contributed by atoms with Crippen molar-refractivity contribution in [3.8, 4) is 0 Å². The van der Waals surface area contributed by atoms with Gasteiger partial charge in [-0.2, -0.15) is 18.3 Å². The number of hydrogen-bond acceptors (Lipinski definition) is 1. The van der Waals surface area contributed by atoms with Gasteiger partial charge in [0.1, 0.15) is 6.54 Å². The van der Waals surface area contributed by atoms with Gasteiger partial charge in [-0.1, -0.05) is 13.8 Å². The summed E-state index contributed by atoms with van der Waals surface area (Å²) in [6.45, 7) is 4.83. The highest BCUT2D eigenvalue weighted by atomic mass is 19.4. The zero-order chi connectivity index (χ0) is 12.3. The molecule has 0 spiro atoms. The van der Waals surface area contributed by atoms with Crippen LogP contribution in [0.3, 0.4) is 0 Å². The molecule has 1 heterocycles. The van der Waals surface area contributed by atoms with Crippen molar-refractivity contribution in [1.82, 2.24) is 9.78 Å². The zero-order valence-electron chi connectivity index (χ0n) is 9.80. The van der Waals surface area contributed by atoms with E-state index in [-0.39, 0.29) is 0 Å². The monoisotopic (exact) mass is 234 g/mol. The highest BCUT2D eigenvalue weighted by Gasteiger charge is 2.31. The van der Waals surface area contributed by atoms with Crippen LogP contribution in [0.2, 0.25) is 0 Å². The molecule has 0 saturated heterocycles. The van der Waals surface area contributed by atoms with Crippen molar-refractivity contribution in [2.45, 2.75) is 52.3 Å². The van der Waals surface area contributed by atoms with Crippen LogP contribution in [0.25, 0.3) is 0 Å². The predicted molar refractivity (Wildman–Crippen MR) is 56.3 cm³/mol. The highest BCUT2D eigenvalue weighted by Crippen LogP contribution is 2.40. The summed E-state index contributed by atoms with van der Waals surface area (Å²) < 4.78 is 37.1. The molecule has 1 saturated carbocycles. The molecule has 1 fully saturated rings. The van der Waals surface area contributed by atoms with E-state index in [1.165, 1.54) is 6.20 Å². The first-order valence-electron chi connectivity index (χ1n) is 5.56. The molecule has 1 aliphatic rings. The van der Waals surface area contributed by atoms with Gasteiger partial charge in [-0.25, -0.2) is 0 Å². The molecule has 0 bridgehead atoms. The van der Waals surface area contributed by atoms with Crippen LogP contribution in [0.4, 0.5) is 13.2 Å². The van der Waals surface area contributed by atoms with Crippen molar-refractivity contribution in [3.05, 3.63) is 17.5 Å². The van der Waals surface area contributed by atoms with Gasteiger partial charge in [-0.05, 0) is 25.3 Å². The minimum atomic E-state index is -4.18. The maximum Gasteiger partial charge on any atom is 0.408 e. The maximum atomic E-state index is 12.0. The van der Waals surface area contributed by atoms with E-state index in [1.54, 1.807) is 0 Å². The normalized spacial score (nSPS) is 15.6. The Morgan fingerprint density at radius 3 is 2.38 bits per heavy atom. The molecule has 0 unspecified atom stereocenters. The molecule has 0 aromatic carbocycles. The zero-order valence-corrected chi connectivity index (χ0v) is 9.80. The summed E-state index contributed by atoms with van der Waals surface area (Å²) in [5.74, 6) is 0.407. The highest BCUT2D eigenvalue weighted by molar-refractivity contribution is 5.23. The summed E-state index contributed by atoms with van der Waals surface area (Å²) >= 11 is 0. The van der Waals surface area contributed by atoms with E-state index in [1.807, 2.05) is 20.8 Å². The van der Waals surface area contributed by atoms with Crippen LogP contribution in [0, 0.1) is 6.92 Å². The molecule has 0 N–H and O–H groups in total. The molecule has 1 aromatic rings.